The molecule has 0 N–H and O–H groups in total. The molecule has 0 amide bonds. The summed E-state index contributed by atoms with van der Waals surface area (Å²) in [5, 5.41) is 0. The van der Waals surface area contributed by atoms with Crippen molar-refractivity contribution < 1.29 is 22.1 Å². The maximum atomic E-state index is 14.2. The molecule has 0 spiro atoms. The molecule has 2 unspecified atom stereocenters. The maximum absolute atomic E-state index is 14.2. The molecule has 2 rings (SSSR count). The van der Waals surface area contributed by atoms with Gasteiger partial charge in [-0.15, -0.1) is 0 Å². The predicted octanol–water partition coefficient (Wildman–Crippen LogP) is 3.05. The Morgan fingerprint density at radius 3 is 2.82 bits per heavy atom. The summed E-state index contributed by atoms with van der Waals surface area (Å²) in [5.41, 5.74) is 2.04. The third-order valence-electron chi connectivity index (χ3n) is 3.73. The topological polar surface area (TPSA) is 58.6 Å². The third kappa shape index (κ3) is 4.98. The normalized spacial score (nSPS) is 17.2. The zero-order valence-corrected chi connectivity index (χ0v) is 13.4. The van der Waals surface area contributed by atoms with E-state index in [4.69, 9.17) is 4.74 Å². The van der Waals surface area contributed by atoms with Gasteiger partial charge in [0.25, 0.3) is 0 Å². The lowest BCUT2D eigenvalue weighted by molar-refractivity contribution is 0.0846. The van der Waals surface area contributed by atoms with Crippen LogP contribution in [0.15, 0.2) is 30.4 Å². The van der Waals surface area contributed by atoms with Gasteiger partial charge in [-0.3, -0.25) is 4.18 Å². The van der Waals surface area contributed by atoms with E-state index in [1.54, 1.807) is 12.1 Å². The van der Waals surface area contributed by atoms with Crippen molar-refractivity contribution in [2.75, 3.05) is 6.61 Å². The van der Waals surface area contributed by atoms with E-state index in [2.05, 4.69) is 10.8 Å². The van der Waals surface area contributed by atoms with Gasteiger partial charge in [-0.05, 0) is 48.4 Å². The highest BCUT2D eigenvalue weighted by Crippen LogP contribution is 2.38. The fraction of sp³-hybridized carbons (Fsp3) is 0.500. The second-order valence-corrected chi connectivity index (χ2v) is 6.03. The molecule has 1 saturated carbocycles. The second-order valence-electron chi connectivity index (χ2n) is 5.39. The van der Waals surface area contributed by atoms with Crippen LogP contribution in [-0.4, -0.2) is 21.5 Å². The summed E-state index contributed by atoms with van der Waals surface area (Å²) < 4.78 is 45.0. The number of benzene rings is 1. The fourth-order valence-corrected chi connectivity index (χ4v) is 2.61. The highest BCUT2D eigenvalue weighted by Gasteiger charge is 2.30. The van der Waals surface area contributed by atoms with E-state index in [-0.39, 0.29) is 18.5 Å². The standard InChI is InChI=1S/C16H21FO4S/c1-3-20-16(11(2)13-6-7-13)9-14-5-4-12(8-15(14)17)10-21-22(18)19/h4-5,8,13,16H,2-3,6-7,9-10H2,1H3,(H,18,19)/p-1. The van der Waals surface area contributed by atoms with Crippen LogP contribution in [0.4, 0.5) is 4.39 Å². The lowest BCUT2D eigenvalue weighted by Gasteiger charge is -2.20. The molecule has 4 nitrogen and oxygen atoms in total. The Morgan fingerprint density at radius 2 is 2.27 bits per heavy atom. The maximum Gasteiger partial charge on any atom is 0.126 e. The molecule has 0 radical (unpaired) electrons. The Morgan fingerprint density at radius 1 is 1.55 bits per heavy atom. The van der Waals surface area contributed by atoms with E-state index < -0.39 is 11.4 Å². The molecule has 122 valence electrons. The van der Waals surface area contributed by atoms with Crippen LogP contribution in [0.2, 0.25) is 0 Å². The summed E-state index contributed by atoms with van der Waals surface area (Å²) >= 11 is -2.60. The van der Waals surface area contributed by atoms with Crippen molar-refractivity contribution in [3.63, 3.8) is 0 Å². The van der Waals surface area contributed by atoms with Gasteiger partial charge in [0, 0.05) is 13.0 Å². The molecule has 6 heteroatoms. The van der Waals surface area contributed by atoms with Crippen LogP contribution in [0.3, 0.4) is 0 Å². The first-order valence-corrected chi connectivity index (χ1v) is 8.31. The molecule has 1 fully saturated rings. The van der Waals surface area contributed by atoms with Crippen molar-refractivity contribution >= 4 is 11.4 Å². The van der Waals surface area contributed by atoms with Gasteiger partial charge in [0.1, 0.15) is 5.82 Å². The highest BCUT2D eigenvalue weighted by molar-refractivity contribution is 7.74. The summed E-state index contributed by atoms with van der Waals surface area (Å²) in [6.45, 7) is 6.39. The molecule has 0 aromatic heterocycles. The molecule has 1 aliphatic carbocycles. The second kappa shape index (κ2) is 7.97. The first-order valence-electron chi connectivity index (χ1n) is 7.31. The summed E-state index contributed by atoms with van der Waals surface area (Å²) in [5.74, 6) is 0.116. The van der Waals surface area contributed by atoms with Gasteiger partial charge in [0.2, 0.25) is 0 Å². The van der Waals surface area contributed by atoms with Gasteiger partial charge in [-0.2, -0.15) is 0 Å². The molecule has 1 aromatic rings. The summed E-state index contributed by atoms with van der Waals surface area (Å²) in [4.78, 5) is 0. The molecule has 2 atom stereocenters. The summed E-state index contributed by atoms with van der Waals surface area (Å²) in [6.07, 6.45) is 2.52. The molecule has 0 heterocycles. The SMILES string of the molecule is C=C(C1CC1)C(Cc1ccc(COS(=O)[O-])cc1F)OCC. The van der Waals surface area contributed by atoms with Gasteiger partial charge in [0.05, 0.1) is 24.1 Å². The van der Waals surface area contributed by atoms with E-state index in [0.29, 0.717) is 30.1 Å². The number of rotatable bonds is 9. The molecule has 22 heavy (non-hydrogen) atoms. The lowest BCUT2D eigenvalue weighted by atomic mass is 9.98. The van der Waals surface area contributed by atoms with E-state index in [1.165, 1.54) is 6.07 Å². The first kappa shape index (κ1) is 17.3. The van der Waals surface area contributed by atoms with Gasteiger partial charge in [0.15, 0.2) is 0 Å². The average molecular weight is 327 g/mol. The van der Waals surface area contributed by atoms with Crippen molar-refractivity contribution in [2.45, 2.75) is 38.9 Å². The monoisotopic (exact) mass is 327 g/mol. The minimum absolute atomic E-state index is 0.170. The van der Waals surface area contributed by atoms with Crippen LogP contribution in [-0.2, 0) is 33.3 Å². The Bertz CT molecular complexity index is 557. The average Bonchev–Trinajstić information content (AvgIpc) is 3.30. The van der Waals surface area contributed by atoms with Gasteiger partial charge < -0.3 is 9.29 Å². The van der Waals surface area contributed by atoms with Crippen molar-refractivity contribution in [1.82, 2.24) is 0 Å². The van der Waals surface area contributed by atoms with Gasteiger partial charge >= 0.3 is 0 Å². The van der Waals surface area contributed by atoms with Crippen molar-refractivity contribution in [1.29, 1.82) is 0 Å². The molecular formula is C16H20FO4S-. The number of hydrogen-bond acceptors (Lipinski definition) is 4. The van der Waals surface area contributed by atoms with Crippen LogP contribution in [0, 0.1) is 11.7 Å². The Kier molecular flexibility index (Phi) is 6.26. The zero-order valence-electron chi connectivity index (χ0n) is 12.5. The van der Waals surface area contributed by atoms with Crippen LogP contribution >= 0.6 is 0 Å². The third-order valence-corrected chi connectivity index (χ3v) is 4.04. The van der Waals surface area contributed by atoms with Gasteiger partial charge in [-0.25, -0.2) is 8.60 Å². The molecule has 0 bridgehead atoms. The number of hydrogen-bond donors (Lipinski definition) is 0. The molecule has 0 aliphatic heterocycles. The zero-order chi connectivity index (χ0) is 16.1. The van der Waals surface area contributed by atoms with E-state index in [0.717, 1.165) is 18.4 Å². The van der Waals surface area contributed by atoms with E-state index in [9.17, 15) is 13.2 Å². The number of halogens is 1. The first-order chi connectivity index (χ1) is 10.5. The Labute approximate surface area is 132 Å². The van der Waals surface area contributed by atoms with E-state index in [1.807, 2.05) is 6.92 Å². The van der Waals surface area contributed by atoms with E-state index >= 15 is 0 Å². The fourth-order valence-electron chi connectivity index (χ4n) is 2.38. The minimum atomic E-state index is -2.60. The van der Waals surface area contributed by atoms with Crippen LogP contribution in [0.25, 0.3) is 0 Å². The van der Waals surface area contributed by atoms with Crippen molar-refractivity contribution in [3.05, 3.63) is 47.3 Å². The van der Waals surface area contributed by atoms with Crippen molar-refractivity contribution in [3.8, 4) is 0 Å². The minimum Gasteiger partial charge on any atom is -0.750 e. The highest BCUT2D eigenvalue weighted by atomic mass is 32.2. The summed E-state index contributed by atoms with van der Waals surface area (Å²) in [6, 6.07) is 4.60. The van der Waals surface area contributed by atoms with Crippen molar-refractivity contribution in [2.24, 2.45) is 5.92 Å². The Balaban J connectivity index is 2.03. The largest absolute Gasteiger partial charge is 0.750 e. The molecule has 1 aliphatic rings. The lowest BCUT2D eigenvalue weighted by Crippen LogP contribution is -2.20. The Hall–Kier alpha value is -1.08. The smallest absolute Gasteiger partial charge is 0.126 e. The predicted molar refractivity (Wildman–Crippen MR) is 81.1 cm³/mol. The van der Waals surface area contributed by atoms with Crippen LogP contribution in [0.1, 0.15) is 30.9 Å². The van der Waals surface area contributed by atoms with Gasteiger partial charge in [-0.1, -0.05) is 18.7 Å². The number of ether oxygens (including phenoxy) is 1. The molecule has 0 saturated heterocycles. The molecule has 1 aromatic carbocycles. The quantitative estimate of drug-likeness (QED) is 0.517. The van der Waals surface area contributed by atoms with Crippen LogP contribution < -0.4 is 0 Å². The van der Waals surface area contributed by atoms with Crippen LogP contribution in [0.5, 0.6) is 0 Å². The molecular weight excluding hydrogens is 307 g/mol. The summed E-state index contributed by atoms with van der Waals surface area (Å²) in [7, 11) is 0.